The zero-order valence-electron chi connectivity index (χ0n) is 14.5. The highest BCUT2D eigenvalue weighted by Gasteiger charge is 2.29. The summed E-state index contributed by atoms with van der Waals surface area (Å²) in [7, 11) is 0. The van der Waals surface area contributed by atoms with Gasteiger partial charge >= 0.3 is 0 Å². The van der Waals surface area contributed by atoms with Crippen LogP contribution in [0.5, 0.6) is 0 Å². The zero-order valence-corrected chi connectivity index (χ0v) is 15.3. The van der Waals surface area contributed by atoms with E-state index in [1.54, 1.807) is 11.3 Å². The molecule has 4 nitrogen and oxygen atoms in total. The molecule has 1 fully saturated rings. The van der Waals surface area contributed by atoms with Crippen molar-refractivity contribution in [3.63, 3.8) is 0 Å². The number of ether oxygens (including phenoxy) is 1. The quantitative estimate of drug-likeness (QED) is 0.919. The molecule has 1 amide bonds. The number of nitrogens with one attached hydrogen (secondary N) is 1. The molecule has 1 aliphatic heterocycles. The second kappa shape index (κ2) is 6.91. The summed E-state index contributed by atoms with van der Waals surface area (Å²) in [6, 6.07) is 0. The van der Waals surface area contributed by atoms with Gasteiger partial charge in [-0.15, -0.1) is 11.3 Å². The van der Waals surface area contributed by atoms with E-state index in [4.69, 9.17) is 4.74 Å². The summed E-state index contributed by atoms with van der Waals surface area (Å²) < 4.78 is 5.42. The van der Waals surface area contributed by atoms with E-state index in [1.807, 2.05) is 0 Å². The van der Waals surface area contributed by atoms with Gasteiger partial charge in [0.2, 0.25) is 0 Å². The Kier molecular flexibility index (Phi) is 5.09. The number of morpholine rings is 1. The molecule has 2 aliphatic rings. The Bertz CT molecular complexity index is 561. The van der Waals surface area contributed by atoms with E-state index < -0.39 is 0 Å². The molecular formula is C18H28N2O2S. The molecule has 5 heteroatoms. The van der Waals surface area contributed by atoms with Crippen molar-refractivity contribution < 1.29 is 9.53 Å². The fourth-order valence-corrected chi connectivity index (χ4v) is 4.78. The zero-order chi connectivity index (χ0) is 16.4. The summed E-state index contributed by atoms with van der Waals surface area (Å²) in [6.07, 6.45) is 3.38. The van der Waals surface area contributed by atoms with Gasteiger partial charge in [-0.3, -0.25) is 9.69 Å². The van der Waals surface area contributed by atoms with Gasteiger partial charge < -0.3 is 10.1 Å². The van der Waals surface area contributed by atoms with Crippen LogP contribution < -0.4 is 5.32 Å². The maximum atomic E-state index is 12.6. The van der Waals surface area contributed by atoms with Crippen molar-refractivity contribution in [3.8, 4) is 0 Å². The first-order valence-electron chi connectivity index (χ1n) is 8.67. The van der Waals surface area contributed by atoms with E-state index in [0.29, 0.717) is 6.54 Å². The van der Waals surface area contributed by atoms with Crippen molar-refractivity contribution >= 4 is 17.2 Å². The number of carbonyl (C=O) groups is 1. The van der Waals surface area contributed by atoms with Gasteiger partial charge in [0, 0.05) is 35.4 Å². The Hall–Kier alpha value is -0.910. The van der Waals surface area contributed by atoms with E-state index in [0.717, 1.165) is 50.6 Å². The monoisotopic (exact) mass is 336 g/mol. The summed E-state index contributed by atoms with van der Waals surface area (Å²) >= 11 is 1.76. The predicted octanol–water partition coefficient (Wildman–Crippen LogP) is 2.71. The number of amides is 1. The topological polar surface area (TPSA) is 41.6 Å². The van der Waals surface area contributed by atoms with Crippen molar-refractivity contribution in [2.45, 2.75) is 45.6 Å². The largest absolute Gasteiger partial charge is 0.379 e. The van der Waals surface area contributed by atoms with Crippen molar-refractivity contribution in [2.75, 3.05) is 32.8 Å². The first-order valence-corrected chi connectivity index (χ1v) is 9.55. The summed E-state index contributed by atoms with van der Waals surface area (Å²) in [6.45, 7) is 10.8. The van der Waals surface area contributed by atoms with Gasteiger partial charge in [0.1, 0.15) is 0 Å². The minimum atomic E-state index is -0.0377. The van der Waals surface area contributed by atoms with Crippen LogP contribution in [0.2, 0.25) is 0 Å². The van der Waals surface area contributed by atoms with Crippen molar-refractivity contribution in [2.24, 2.45) is 5.92 Å². The summed E-state index contributed by atoms with van der Waals surface area (Å²) in [5.74, 6) is 0.843. The molecule has 1 saturated heterocycles. The Morgan fingerprint density at radius 2 is 2.17 bits per heavy atom. The van der Waals surface area contributed by atoms with Crippen molar-refractivity contribution in [1.29, 1.82) is 0 Å². The van der Waals surface area contributed by atoms with Crippen LogP contribution in [0.3, 0.4) is 0 Å². The Morgan fingerprint density at radius 1 is 1.43 bits per heavy atom. The lowest BCUT2D eigenvalue weighted by atomic mass is 9.88. The number of rotatable bonds is 4. The lowest BCUT2D eigenvalue weighted by molar-refractivity contribution is -0.00923. The number of nitrogens with zero attached hydrogens (tertiary/aromatic N) is 1. The Balaban J connectivity index is 1.61. The van der Waals surface area contributed by atoms with E-state index in [9.17, 15) is 4.79 Å². The second-order valence-electron chi connectivity index (χ2n) is 7.49. The maximum Gasteiger partial charge on any atom is 0.252 e. The third kappa shape index (κ3) is 3.78. The molecule has 1 atom stereocenters. The number of fused-ring (bicyclic) bond motifs is 1. The highest BCUT2D eigenvalue weighted by molar-refractivity contribution is 7.10. The molecule has 1 unspecified atom stereocenters. The molecule has 0 aromatic carbocycles. The van der Waals surface area contributed by atoms with Gasteiger partial charge in [0.25, 0.3) is 5.91 Å². The van der Waals surface area contributed by atoms with E-state index >= 15 is 0 Å². The fourth-order valence-electron chi connectivity index (χ4n) is 3.54. The van der Waals surface area contributed by atoms with Crippen molar-refractivity contribution in [1.82, 2.24) is 10.2 Å². The molecule has 1 N–H and O–H groups in total. The van der Waals surface area contributed by atoms with E-state index in [1.165, 1.54) is 16.9 Å². The molecule has 0 bridgehead atoms. The van der Waals surface area contributed by atoms with Crippen LogP contribution >= 0.6 is 11.3 Å². The summed E-state index contributed by atoms with van der Waals surface area (Å²) in [5.41, 5.74) is 2.17. The van der Waals surface area contributed by atoms with Gasteiger partial charge in [-0.1, -0.05) is 6.92 Å². The molecule has 1 aromatic rings. The highest BCUT2D eigenvalue weighted by Crippen LogP contribution is 2.32. The normalized spacial score (nSPS) is 22.7. The molecule has 23 heavy (non-hydrogen) atoms. The van der Waals surface area contributed by atoms with Gasteiger partial charge in [-0.25, -0.2) is 0 Å². The number of carbonyl (C=O) groups excluding carboxylic acids is 1. The molecule has 0 radical (unpaired) electrons. The van der Waals surface area contributed by atoms with Crippen LogP contribution in [0, 0.1) is 5.92 Å². The smallest absolute Gasteiger partial charge is 0.252 e. The summed E-state index contributed by atoms with van der Waals surface area (Å²) in [5, 5.41) is 5.22. The number of hydrogen-bond acceptors (Lipinski definition) is 4. The second-order valence-corrected chi connectivity index (χ2v) is 8.46. The maximum absolute atomic E-state index is 12.6. The first-order chi connectivity index (χ1) is 11.0. The van der Waals surface area contributed by atoms with Crippen LogP contribution in [0.4, 0.5) is 0 Å². The highest BCUT2D eigenvalue weighted by atomic mass is 32.1. The molecule has 128 valence electrons. The van der Waals surface area contributed by atoms with Crippen LogP contribution in [0.25, 0.3) is 0 Å². The molecule has 0 saturated carbocycles. The lowest BCUT2D eigenvalue weighted by Crippen LogP contribution is -2.55. The van der Waals surface area contributed by atoms with Crippen LogP contribution in [0.15, 0.2) is 5.38 Å². The number of thiophene rings is 1. The minimum absolute atomic E-state index is 0.0377. The SMILES string of the molecule is CC1CCc2c(C(=O)NCC(C)(C)N3CCOCC3)csc2C1. The van der Waals surface area contributed by atoms with Crippen LogP contribution in [0.1, 0.15) is 48.0 Å². The third-order valence-electron chi connectivity index (χ3n) is 5.20. The molecule has 0 spiro atoms. The molecule has 1 aromatic heterocycles. The third-order valence-corrected chi connectivity index (χ3v) is 6.25. The molecule has 3 rings (SSSR count). The van der Waals surface area contributed by atoms with Gasteiger partial charge in [-0.05, 0) is 44.6 Å². The fraction of sp³-hybridized carbons (Fsp3) is 0.722. The Morgan fingerprint density at radius 3 is 2.91 bits per heavy atom. The average Bonchev–Trinajstić information content (AvgIpc) is 2.96. The molecular weight excluding hydrogens is 308 g/mol. The van der Waals surface area contributed by atoms with Crippen LogP contribution in [-0.2, 0) is 17.6 Å². The van der Waals surface area contributed by atoms with Crippen molar-refractivity contribution in [3.05, 3.63) is 21.4 Å². The van der Waals surface area contributed by atoms with Crippen LogP contribution in [-0.4, -0.2) is 49.2 Å². The number of hydrogen-bond donors (Lipinski definition) is 1. The Labute approximate surface area is 143 Å². The lowest BCUT2D eigenvalue weighted by Gasteiger charge is -2.40. The first kappa shape index (κ1) is 16.9. The molecule has 1 aliphatic carbocycles. The van der Waals surface area contributed by atoms with Gasteiger partial charge in [-0.2, -0.15) is 0 Å². The summed E-state index contributed by atoms with van der Waals surface area (Å²) in [4.78, 5) is 16.5. The molecule has 2 heterocycles. The van der Waals surface area contributed by atoms with E-state index in [2.05, 4.69) is 36.4 Å². The van der Waals surface area contributed by atoms with Gasteiger partial charge in [0.05, 0.1) is 18.8 Å². The average molecular weight is 337 g/mol. The van der Waals surface area contributed by atoms with Gasteiger partial charge in [0.15, 0.2) is 0 Å². The van der Waals surface area contributed by atoms with E-state index in [-0.39, 0.29) is 11.4 Å². The standard InChI is InChI=1S/C18H28N2O2S/c1-13-4-5-14-15(11-23-16(14)10-13)17(21)19-12-18(2,3)20-6-8-22-9-7-20/h11,13H,4-10,12H2,1-3H3,(H,19,21). The predicted molar refractivity (Wildman–Crippen MR) is 94.3 cm³/mol. The minimum Gasteiger partial charge on any atom is -0.379 e.